The van der Waals surface area contributed by atoms with Gasteiger partial charge in [0.1, 0.15) is 5.82 Å². The Balaban J connectivity index is 2.02. The fraction of sp³-hybridized carbons (Fsp3) is 0.200. The number of aromatic amines is 1. The van der Waals surface area contributed by atoms with Gasteiger partial charge in [-0.15, -0.1) is 0 Å². The molecule has 0 aliphatic heterocycles. The fourth-order valence-electron chi connectivity index (χ4n) is 1.23. The van der Waals surface area contributed by atoms with Crippen LogP contribution in [0.15, 0.2) is 30.9 Å². The summed E-state index contributed by atoms with van der Waals surface area (Å²) in [6, 6.07) is 3.96. The first-order chi connectivity index (χ1) is 6.86. The number of anilines is 1. The second-order valence-corrected chi connectivity index (χ2v) is 3.10. The van der Waals surface area contributed by atoms with Crippen molar-refractivity contribution in [1.29, 1.82) is 0 Å². The summed E-state index contributed by atoms with van der Waals surface area (Å²) in [5.74, 6) is 0.919. The third-order valence-corrected chi connectivity index (χ3v) is 2.01. The molecule has 0 bridgehead atoms. The molecule has 2 aromatic rings. The van der Waals surface area contributed by atoms with Crippen molar-refractivity contribution in [3.05, 3.63) is 42.1 Å². The van der Waals surface area contributed by atoms with Crippen LogP contribution in [0.5, 0.6) is 0 Å². The smallest absolute Gasteiger partial charge is 0.129 e. The van der Waals surface area contributed by atoms with Gasteiger partial charge in [-0.2, -0.15) is 0 Å². The quantitative estimate of drug-likeness (QED) is 0.771. The monoisotopic (exact) mass is 188 g/mol. The van der Waals surface area contributed by atoms with E-state index < -0.39 is 0 Å². The Kier molecular flexibility index (Phi) is 2.44. The molecule has 2 N–H and O–H groups in total. The minimum Gasteiger partial charge on any atom is -0.364 e. The van der Waals surface area contributed by atoms with E-state index in [-0.39, 0.29) is 0 Å². The normalized spacial score (nSPS) is 10.1. The molecule has 0 aliphatic carbocycles. The number of imidazole rings is 1. The number of rotatable bonds is 3. The highest BCUT2D eigenvalue weighted by Crippen LogP contribution is 2.09. The maximum absolute atomic E-state index is 4.23. The van der Waals surface area contributed by atoms with Crippen molar-refractivity contribution in [2.75, 3.05) is 5.32 Å². The zero-order valence-electron chi connectivity index (χ0n) is 7.99. The van der Waals surface area contributed by atoms with Crippen molar-refractivity contribution in [3.8, 4) is 0 Å². The highest BCUT2D eigenvalue weighted by atomic mass is 15.0. The van der Waals surface area contributed by atoms with Gasteiger partial charge in [0.25, 0.3) is 0 Å². The summed E-state index contributed by atoms with van der Waals surface area (Å²) in [4.78, 5) is 11.2. The summed E-state index contributed by atoms with van der Waals surface area (Å²) >= 11 is 0. The van der Waals surface area contributed by atoms with E-state index in [0.717, 1.165) is 23.6 Å². The van der Waals surface area contributed by atoms with Gasteiger partial charge < -0.3 is 10.3 Å². The Bertz CT molecular complexity index is 394. The van der Waals surface area contributed by atoms with Crippen molar-refractivity contribution in [2.24, 2.45) is 0 Å². The lowest BCUT2D eigenvalue weighted by Gasteiger charge is -2.05. The zero-order chi connectivity index (χ0) is 9.80. The molecule has 14 heavy (non-hydrogen) atoms. The summed E-state index contributed by atoms with van der Waals surface area (Å²) in [6.45, 7) is 2.75. The SMILES string of the molecule is Cc1cccnc1NCc1cnc[nH]1. The van der Waals surface area contributed by atoms with Gasteiger partial charge in [0.05, 0.1) is 18.6 Å². The first-order valence-electron chi connectivity index (χ1n) is 4.49. The zero-order valence-corrected chi connectivity index (χ0v) is 7.99. The van der Waals surface area contributed by atoms with E-state index in [0.29, 0.717) is 0 Å². The average Bonchev–Trinajstić information content (AvgIpc) is 2.69. The van der Waals surface area contributed by atoms with Crippen molar-refractivity contribution in [3.63, 3.8) is 0 Å². The number of hydrogen-bond donors (Lipinski definition) is 2. The predicted octanol–water partition coefficient (Wildman–Crippen LogP) is 1.73. The topological polar surface area (TPSA) is 53.6 Å². The van der Waals surface area contributed by atoms with Crippen LogP contribution in [0.25, 0.3) is 0 Å². The Morgan fingerprint density at radius 3 is 3.14 bits per heavy atom. The van der Waals surface area contributed by atoms with Crippen molar-refractivity contribution in [2.45, 2.75) is 13.5 Å². The van der Waals surface area contributed by atoms with Gasteiger partial charge in [-0.3, -0.25) is 0 Å². The van der Waals surface area contributed by atoms with Crippen LogP contribution in [0.4, 0.5) is 5.82 Å². The Morgan fingerprint density at radius 2 is 2.43 bits per heavy atom. The number of pyridine rings is 1. The average molecular weight is 188 g/mol. The number of H-pyrrole nitrogens is 1. The lowest BCUT2D eigenvalue weighted by molar-refractivity contribution is 1.04. The van der Waals surface area contributed by atoms with Crippen molar-refractivity contribution >= 4 is 5.82 Å². The summed E-state index contributed by atoms with van der Waals surface area (Å²) in [7, 11) is 0. The molecule has 0 radical (unpaired) electrons. The van der Waals surface area contributed by atoms with Crippen LogP contribution in [-0.2, 0) is 6.54 Å². The Morgan fingerprint density at radius 1 is 1.50 bits per heavy atom. The summed E-state index contributed by atoms with van der Waals surface area (Å²) in [5.41, 5.74) is 2.20. The van der Waals surface area contributed by atoms with Gasteiger partial charge in [0.2, 0.25) is 0 Å². The molecule has 0 unspecified atom stereocenters. The first-order valence-corrected chi connectivity index (χ1v) is 4.49. The maximum atomic E-state index is 4.23. The van der Waals surface area contributed by atoms with Crippen molar-refractivity contribution in [1.82, 2.24) is 15.0 Å². The van der Waals surface area contributed by atoms with Crippen molar-refractivity contribution < 1.29 is 0 Å². The van der Waals surface area contributed by atoms with Crippen LogP contribution in [0.2, 0.25) is 0 Å². The highest BCUT2D eigenvalue weighted by molar-refractivity contribution is 5.42. The van der Waals surface area contributed by atoms with E-state index in [1.807, 2.05) is 19.1 Å². The summed E-state index contributed by atoms with van der Waals surface area (Å²) < 4.78 is 0. The van der Waals surface area contributed by atoms with E-state index in [9.17, 15) is 0 Å². The van der Waals surface area contributed by atoms with Crippen LogP contribution >= 0.6 is 0 Å². The van der Waals surface area contributed by atoms with Crippen LogP contribution in [0.3, 0.4) is 0 Å². The number of aryl methyl sites for hydroxylation is 1. The number of hydrogen-bond acceptors (Lipinski definition) is 3. The van der Waals surface area contributed by atoms with Crippen LogP contribution in [-0.4, -0.2) is 15.0 Å². The summed E-state index contributed by atoms with van der Waals surface area (Å²) in [5, 5.41) is 3.23. The molecular weight excluding hydrogens is 176 g/mol. The minimum atomic E-state index is 0.720. The fourth-order valence-corrected chi connectivity index (χ4v) is 1.23. The molecule has 0 fully saturated rings. The van der Waals surface area contributed by atoms with E-state index >= 15 is 0 Å². The van der Waals surface area contributed by atoms with E-state index in [2.05, 4.69) is 20.3 Å². The molecule has 0 aliphatic rings. The third-order valence-electron chi connectivity index (χ3n) is 2.01. The molecule has 72 valence electrons. The Hall–Kier alpha value is -1.84. The minimum absolute atomic E-state index is 0.720. The molecule has 0 spiro atoms. The maximum Gasteiger partial charge on any atom is 0.129 e. The molecule has 0 aromatic carbocycles. The van der Waals surface area contributed by atoms with Gasteiger partial charge in [0, 0.05) is 12.4 Å². The molecule has 2 heterocycles. The number of nitrogens with one attached hydrogen (secondary N) is 2. The van der Waals surface area contributed by atoms with E-state index in [4.69, 9.17) is 0 Å². The van der Waals surface area contributed by atoms with Gasteiger partial charge in [-0.05, 0) is 18.6 Å². The largest absolute Gasteiger partial charge is 0.364 e. The molecule has 2 aromatic heterocycles. The predicted molar refractivity (Wildman–Crippen MR) is 54.9 cm³/mol. The highest BCUT2D eigenvalue weighted by Gasteiger charge is 1.98. The Labute approximate surface area is 82.4 Å². The molecular formula is C10H12N4. The molecule has 4 nitrogen and oxygen atoms in total. The van der Waals surface area contributed by atoms with Gasteiger partial charge >= 0.3 is 0 Å². The van der Waals surface area contributed by atoms with E-state index in [1.54, 1.807) is 18.7 Å². The third kappa shape index (κ3) is 1.90. The lowest BCUT2D eigenvalue weighted by atomic mass is 10.3. The van der Waals surface area contributed by atoms with Crippen LogP contribution in [0, 0.1) is 6.92 Å². The molecule has 4 heteroatoms. The molecule has 0 saturated heterocycles. The number of aromatic nitrogens is 3. The molecule has 0 saturated carbocycles. The van der Waals surface area contributed by atoms with E-state index in [1.165, 1.54) is 0 Å². The van der Waals surface area contributed by atoms with Gasteiger partial charge in [-0.1, -0.05) is 6.07 Å². The second kappa shape index (κ2) is 3.91. The van der Waals surface area contributed by atoms with Crippen LogP contribution < -0.4 is 5.32 Å². The number of nitrogens with zero attached hydrogens (tertiary/aromatic N) is 2. The standard InChI is InChI=1S/C10H12N4/c1-8-3-2-4-12-10(8)13-6-9-5-11-7-14-9/h2-5,7H,6H2,1H3,(H,11,14)(H,12,13). The summed E-state index contributed by atoms with van der Waals surface area (Å²) in [6.07, 6.45) is 5.25. The molecule has 2 rings (SSSR count). The van der Waals surface area contributed by atoms with Gasteiger partial charge in [-0.25, -0.2) is 9.97 Å². The van der Waals surface area contributed by atoms with Crippen LogP contribution in [0.1, 0.15) is 11.3 Å². The molecule has 0 atom stereocenters. The second-order valence-electron chi connectivity index (χ2n) is 3.10. The first kappa shape index (κ1) is 8.74. The van der Waals surface area contributed by atoms with Gasteiger partial charge in [0.15, 0.2) is 0 Å². The molecule has 0 amide bonds. The lowest BCUT2D eigenvalue weighted by Crippen LogP contribution is -2.02.